The van der Waals surface area contributed by atoms with Crippen LogP contribution in [0.1, 0.15) is 29.7 Å². The minimum absolute atomic E-state index is 0.207. The monoisotopic (exact) mass is 417 g/mol. The number of amides is 1. The fraction of sp³-hybridized carbons (Fsp3) is 0.208. The van der Waals surface area contributed by atoms with Gasteiger partial charge in [-0.3, -0.25) is 14.2 Å². The van der Waals surface area contributed by atoms with Crippen LogP contribution < -0.4 is 10.9 Å². The maximum Gasteiger partial charge on any atom is 0.263 e. The van der Waals surface area contributed by atoms with Crippen molar-refractivity contribution in [3.05, 3.63) is 81.2 Å². The molecule has 4 rings (SSSR count). The number of hydrogen-bond acceptors (Lipinski definition) is 4. The second-order valence-electron chi connectivity index (χ2n) is 7.57. The van der Waals surface area contributed by atoms with Gasteiger partial charge in [0.15, 0.2) is 0 Å². The first-order valence-corrected chi connectivity index (χ1v) is 10.7. The number of para-hydroxylation sites is 1. The van der Waals surface area contributed by atoms with E-state index < -0.39 is 6.04 Å². The highest BCUT2D eigenvalue weighted by Gasteiger charge is 2.21. The summed E-state index contributed by atoms with van der Waals surface area (Å²) in [5, 5.41) is 5.43. The van der Waals surface area contributed by atoms with Crippen molar-refractivity contribution in [3.63, 3.8) is 0 Å². The first-order chi connectivity index (χ1) is 14.4. The highest BCUT2D eigenvalue weighted by Crippen LogP contribution is 2.32. The van der Waals surface area contributed by atoms with E-state index >= 15 is 0 Å². The predicted octanol–water partition coefficient (Wildman–Crippen LogP) is 5.25. The maximum atomic E-state index is 13.4. The molecule has 0 spiro atoms. The molecule has 0 aliphatic heterocycles. The number of aromatic nitrogens is 2. The number of benzene rings is 2. The van der Waals surface area contributed by atoms with Gasteiger partial charge in [-0.2, -0.15) is 0 Å². The molecule has 30 heavy (non-hydrogen) atoms. The molecule has 2 aromatic heterocycles. The average Bonchev–Trinajstić information content (AvgIpc) is 3.16. The summed E-state index contributed by atoms with van der Waals surface area (Å²) in [6.45, 7) is 7.77. The largest absolute Gasteiger partial charge is 0.324 e. The lowest BCUT2D eigenvalue weighted by Gasteiger charge is -2.16. The molecule has 1 atom stereocenters. The molecule has 0 aliphatic carbocycles. The zero-order valence-corrected chi connectivity index (χ0v) is 18.2. The van der Waals surface area contributed by atoms with Gasteiger partial charge >= 0.3 is 0 Å². The third kappa shape index (κ3) is 3.55. The van der Waals surface area contributed by atoms with Crippen LogP contribution in [0.25, 0.3) is 21.3 Å². The van der Waals surface area contributed by atoms with Gasteiger partial charge in [-0.05, 0) is 56.0 Å². The number of carbonyl (C=O) groups is 1. The third-order valence-electron chi connectivity index (χ3n) is 5.54. The Morgan fingerprint density at radius 1 is 1.07 bits per heavy atom. The van der Waals surface area contributed by atoms with Crippen LogP contribution in [0.3, 0.4) is 0 Å². The van der Waals surface area contributed by atoms with Gasteiger partial charge in [-0.15, -0.1) is 11.3 Å². The lowest BCUT2D eigenvalue weighted by atomic mass is 10.0. The highest BCUT2D eigenvalue weighted by molar-refractivity contribution is 7.17. The number of rotatable bonds is 4. The summed E-state index contributed by atoms with van der Waals surface area (Å²) in [5.41, 5.74) is 5.71. The van der Waals surface area contributed by atoms with Crippen LogP contribution in [0.4, 0.5) is 5.69 Å². The van der Waals surface area contributed by atoms with Gasteiger partial charge in [0.25, 0.3) is 5.56 Å². The lowest BCUT2D eigenvalue weighted by molar-refractivity contribution is -0.118. The van der Waals surface area contributed by atoms with E-state index in [0.717, 1.165) is 22.4 Å². The summed E-state index contributed by atoms with van der Waals surface area (Å²) in [6, 6.07) is 13.0. The minimum atomic E-state index is -0.693. The number of hydrogen-bond donors (Lipinski definition) is 1. The minimum Gasteiger partial charge on any atom is -0.324 e. The maximum absolute atomic E-state index is 13.4. The van der Waals surface area contributed by atoms with Crippen molar-refractivity contribution in [2.45, 2.75) is 33.7 Å². The van der Waals surface area contributed by atoms with Gasteiger partial charge in [0.1, 0.15) is 10.9 Å². The zero-order valence-electron chi connectivity index (χ0n) is 17.4. The average molecular weight is 418 g/mol. The van der Waals surface area contributed by atoms with Gasteiger partial charge in [0, 0.05) is 16.6 Å². The van der Waals surface area contributed by atoms with Crippen molar-refractivity contribution in [2.75, 3.05) is 5.32 Å². The number of carbonyl (C=O) groups excluding carboxylic acids is 1. The van der Waals surface area contributed by atoms with Crippen LogP contribution in [0.5, 0.6) is 0 Å². The molecule has 4 aromatic rings. The molecule has 2 heterocycles. The summed E-state index contributed by atoms with van der Waals surface area (Å²) >= 11 is 1.44. The number of anilines is 1. The summed E-state index contributed by atoms with van der Waals surface area (Å²) in [7, 11) is 0. The molecule has 1 N–H and O–H groups in total. The van der Waals surface area contributed by atoms with E-state index in [9.17, 15) is 9.59 Å². The van der Waals surface area contributed by atoms with E-state index in [1.165, 1.54) is 33.4 Å². The number of thiophene rings is 1. The van der Waals surface area contributed by atoms with Crippen molar-refractivity contribution >= 4 is 33.1 Å². The Hall–Kier alpha value is -3.25. The van der Waals surface area contributed by atoms with E-state index in [2.05, 4.69) is 36.3 Å². The van der Waals surface area contributed by atoms with Crippen molar-refractivity contribution in [2.24, 2.45) is 0 Å². The molecule has 0 bridgehead atoms. The molecule has 152 valence electrons. The van der Waals surface area contributed by atoms with Crippen molar-refractivity contribution < 1.29 is 4.79 Å². The smallest absolute Gasteiger partial charge is 0.263 e. The molecule has 2 aromatic carbocycles. The summed E-state index contributed by atoms with van der Waals surface area (Å²) in [5.74, 6) is -0.254. The number of aryl methyl sites for hydroxylation is 3. The quantitative estimate of drug-likeness (QED) is 0.493. The molecule has 6 heteroatoms. The molecule has 0 saturated carbocycles. The van der Waals surface area contributed by atoms with Crippen LogP contribution in [0, 0.1) is 20.8 Å². The molecular formula is C24H23N3O2S. The Morgan fingerprint density at radius 2 is 1.83 bits per heavy atom. The SMILES string of the molecule is Cc1ccc(-c2csc3ncn([C@H](C)C(=O)Nc4ccccc4C)c(=O)c23)cc1C. The topological polar surface area (TPSA) is 64.0 Å². The Labute approximate surface area is 179 Å². The summed E-state index contributed by atoms with van der Waals surface area (Å²) < 4.78 is 1.41. The molecule has 0 saturated heterocycles. The first-order valence-electron chi connectivity index (χ1n) is 9.79. The fourth-order valence-corrected chi connectivity index (χ4v) is 4.33. The molecule has 0 fully saturated rings. The van der Waals surface area contributed by atoms with Gasteiger partial charge in [0.05, 0.1) is 11.7 Å². The predicted molar refractivity (Wildman–Crippen MR) is 123 cm³/mol. The van der Waals surface area contributed by atoms with Gasteiger partial charge in [-0.1, -0.05) is 36.4 Å². The second-order valence-corrected chi connectivity index (χ2v) is 8.42. The van der Waals surface area contributed by atoms with Gasteiger partial charge in [0.2, 0.25) is 5.91 Å². The summed E-state index contributed by atoms with van der Waals surface area (Å²) in [6.07, 6.45) is 1.47. The van der Waals surface area contributed by atoms with Crippen molar-refractivity contribution in [3.8, 4) is 11.1 Å². The van der Waals surface area contributed by atoms with Crippen molar-refractivity contribution in [1.29, 1.82) is 0 Å². The van der Waals surface area contributed by atoms with Crippen LogP contribution in [0.15, 0.2) is 59.0 Å². The van der Waals surface area contributed by atoms with E-state index in [-0.39, 0.29) is 11.5 Å². The first kappa shape index (κ1) is 20.0. The molecule has 0 radical (unpaired) electrons. The summed E-state index contributed by atoms with van der Waals surface area (Å²) in [4.78, 5) is 31.3. The number of nitrogens with one attached hydrogen (secondary N) is 1. The number of nitrogens with zero attached hydrogens (tertiary/aromatic N) is 2. The Balaban J connectivity index is 1.74. The van der Waals surface area contributed by atoms with Crippen LogP contribution in [0.2, 0.25) is 0 Å². The second kappa shape index (κ2) is 7.88. The van der Waals surface area contributed by atoms with Crippen LogP contribution in [-0.4, -0.2) is 15.5 Å². The molecule has 5 nitrogen and oxygen atoms in total. The van der Waals surface area contributed by atoms with E-state index in [1.807, 2.05) is 42.6 Å². The fourth-order valence-electron chi connectivity index (χ4n) is 3.42. The Bertz CT molecular complexity index is 1320. The van der Waals surface area contributed by atoms with E-state index in [1.54, 1.807) is 6.92 Å². The van der Waals surface area contributed by atoms with E-state index in [0.29, 0.717) is 10.2 Å². The lowest BCUT2D eigenvalue weighted by Crippen LogP contribution is -2.31. The molecule has 1 amide bonds. The van der Waals surface area contributed by atoms with E-state index in [4.69, 9.17) is 0 Å². The van der Waals surface area contributed by atoms with Crippen LogP contribution >= 0.6 is 11.3 Å². The van der Waals surface area contributed by atoms with Crippen LogP contribution in [-0.2, 0) is 4.79 Å². The standard InChI is InChI=1S/C24H23N3O2S/c1-14-9-10-18(11-16(14)3)19-12-30-23-21(19)24(29)27(13-25-23)17(4)22(28)26-20-8-6-5-7-15(20)2/h5-13,17H,1-4H3,(H,26,28)/t17-/m1/s1. The number of fused-ring (bicyclic) bond motifs is 1. The third-order valence-corrected chi connectivity index (χ3v) is 6.42. The Morgan fingerprint density at radius 3 is 2.57 bits per heavy atom. The van der Waals surface area contributed by atoms with Gasteiger partial charge < -0.3 is 5.32 Å². The zero-order chi connectivity index (χ0) is 21.4. The normalized spacial score (nSPS) is 12.1. The molecule has 0 unspecified atom stereocenters. The van der Waals surface area contributed by atoms with Crippen molar-refractivity contribution in [1.82, 2.24) is 9.55 Å². The van der Waals surface area contributed by atoms with Gasteiger partial charge in [-0.25, -0.2) is 4.98 Å². The Kier molecular flexibility index (Phi) is 5.26. The molecular weight excluding hydrogens is 394 g/mol. The molecule has 0 aliphatic rings. The highest BCUT2D eigenvalue weighted by atomic mass is 32.1.